The van der Waals surface area contributed by atoms with E-state index >= 15 is 0 Å². The Morgan fingerprint density at radius 2 is 2.05 bits per heavy atom. The summed E-state index contributed by atoms with van der Waals surface area (Å²) in [5, 5.41) is 6.52. The Balaban J connectivity index is 0.00000161. The van der Waals surface area contributed by atoms with Crippen LogP contribution >= 0.6 is 24.6 Å². The molecule has 5 nitrogen and oxygen atoms in total. The monoisotopic (exact) mass is 319 g/mol. The molecule has 2 aromatic heterocycles. The molecule has 3 aromatic rings. The molecule has 0 unspecified atom stereocenters. The number of hydrazone groups is 1. The number of benzene rings is 1. The highest BCUT2D eigenvalue weighted by Crippen LogP contribution is 2.25. The van der Waals surface area contributed by atoms with Gasteiger partial charge in [0.1, 0.15) is 0 Å². The fourth-order valence-corrected chi connectivity index (χ4v) is 2.19. The average Bonchev–Trinajstić information content (AvgIpc) is 2.82. The van der Waals surface area contributed by atoms with Gasteiger partial charge in [0.25, 0.3) is 0 Å². The molecule has 4 N–H and O–H groups in total. The number of fused-ring (bicyclic) bond motifs is 3. The number of aromatic nitrogens is 2. The minimum Gasteiger partial charge on any atom is -0.375 e. The number of H-pyrrole nitrogens is 1. The lowest BCUT2D eigenvalue weighted by Crippen LogP contribution is -2.25. The van der Waals surface area contributed by atoms with Gasteiger partial charge in [-0.15, -0.1) is 12.4 Å². The van der Waals surface area contributed by atoms with E-state index in [1.807, 2.05) is 37.4 Å². The van der Waals surface area contributed by atoms with Crippen LogP contribution in [-0.4, -0.2) is 20.8 Å². The van der Waals surface area contributed by atoms with Crippen molar-refractivity contribution in [1.82, 2.24) is 15.4 Å². The van der Waals surface area contributed by atoms with Gasteiger partial charge < -0.3 is 10.7 Å². The van der Waals surface area contributed by atoms with Crippen molar-refractivity contribution in [2.75, 3.05) is 0 Å². The zero-order valence-corrected chi connectivity index (χ0v) is 12.9. The lowest BCUT2D eigenvalue weighted by atomic mass is 10.1. The molecule has 7 heteroatoms. The van der Waals surface area contributed by atoms with Crippen molar-refractivity contribution < 1.29 is 0 Å². The Hall–Kier alpha value is -2.18. The number of nitrogens with zero attached hydrogens (tertiary/aromatic N) is 2. The Morgan fingerprint density at radius 3 is 2.81 bits per heavy atom. The summed E-state index contributed by atoms with van der Waals surface area (Å²) in [5.74, 6) is 0. The second kappa shape index (κ2) is 6.07. The summed E-state index contributed by atoms with van der Waals surface area (Å²) >= 11 is 4.72. The summed E-state index contributed by atoms with van der Waals surface area (Å²) in [7, 11) is 0. The van der Waals surface area contributed by atoms with E-state index in [1.165, 1.54) is 5.39 Å². The average molecular weight is 320 g/mol. The van der Waals surface area contributed by atoms with Crippen LogP contribution in [0.4, 0.5) is 0 Å². The standard InChI is InChI=1S/C14H13N5S.ClH/c1-8(18-19-14(15)20)12-6-10-9-4-2-3-5-11(9)17-13(10)7-16-12;/h2-7,17H,1H3,(H3,15,19,20);1H/b18-8+;. The molecule has 0 atom stereocenters. The van der Waals surface area contributed by atoms with E-state index in [4.69, 9.17) is 18.0 Å². The Morgan fingerprint density at radius 1 is 1.29 bits per heavy atom. The molecule has 2 heterocycles. The SMILES string of the molecule is C/C(=N\NC(N)=S)c1cc2c(cn1)[nH]c1ccccc12.Cl. The summed E-state index contributed by atoms with van der Waals surface area (Å²) < 4.78 is 0. The molecule has 0 spiro atoms. The second-order valence-electron chi connectivity index (χ2n) is 4.46. The highest BCUT2D eigenvalue weighted by atomic mass is 35.5. The van der Waals surface area contributed by atoms with E-state index in [0.29, 0.717) is 0 Å². The first kappa shape index (κ1) is 15.2. The topological polar surface area (TPSA) is 79.1 Å². The number of hydrogen-bond donors (Lipinski definition) is 3. The Bertz CT molecular complexity index is 840. The number of thiocarbonyl (C=S) groups is 1. The maximum absolute atomic E-state index is 5.36. The quantitative estimate of drug-likeness (QED) is 0.385. The third-order valence-electron chi connectivity index (χ3n) is 3.10. The molecule has 0 saturated carbocycles. The van der Waals surface area contributed by atoms with Crippen LogP contribution in [0, 0.1) is 0 Å². The number of aromatic amines is 1. The Labute approximate surface area is 133 Å². The predicted octanol–water partition coefficient (Wildman–Crippen LogP) is 2.70. The van der Waals surface area contributed by atoms with Crippen LogP contribution in [0.5, 0.6) is 0 Å². The van der Waals surface area contributed by atoms with E-state index in [2.05, 4.69) is 26.6 Å². The Kier molecular flexibility index (Phi) is 4.40. The van der Waals surface area contributed by atoms with Gasteiger partial charge in [-0.3, -0.25) is 10.4 Å². The lowest BCUT2D eigenvalue weighted by molar-refractivity contribution is 1.02. The maximum Gasteiger partial charge on any atom is 0.184 e. The fourth-order valence-electron chi connectivity index (χ4n) is 2.14. The van der Waals surface area contributed by atoms with E-state index in [-0.39, 0.29) is 17.5 Å². The predicted molar refractivity (Wildman–Crippen MR) is 93.0 cm³/mol. The summed E-state index contributed by atoms with van der Waals surface area (Å²) in [6, 6.07) is 10.2. The highest BCUT2D eigenvalue weighted by Gasteiger charge is 2.07. The third-order valence-corrected chi connectivity index (χ3v) is 3.19. The van der Waals surface area contributed by atoms with Crippen LogP contribution in [0.3, 0.4) is 0 Å². The molecule has 108 valence electrons. The first-order chi connectivity index (χ1) is 9.65. The van der Waals surface area contributed by atoms with Gasteiger partial charge >= 0.3 is 0 Å². The molecule has 0 aliphatic carbocycles. The van der Waals surface area contributed by atoms with Gasteiger partial charge in [0.2, 0.25) is 0 Å². The van der Waals surface area contributed by atoms with Gasteiger partial charge in [-0.25, -0.2) is 0 Å². The zero-order chi connectivity index (χ0) is 14.1. The van der Waals surface area contributed by atoms with Crippen LogP contribution < -0.4 is 11.2 Å². The molecule has 0 aliphatic heterocycles. The molecule has 0 fully saturated rings. The van der Waals surface area contributed by atoms with Crippen LogP contribution in [-0.2, 0) is 0 Å². The molecular weight excluding hydrogens is 306 g/mol. The third kappa shape index (κ3) is 2.96. The largest absolute Gasteiger partial charge is 0.375 e. The maximum atomic E-state index is 5.36. The molecule has 0 radical (unpaired) electrons. The van der Waals surface area contributed by atoms with Gasteiger partial charge in [0.05, 0.1) is 23.1 Å². The zero-order valence-electron chi connectivity index (χ0n) is 11.3. The number of nitrogens with two attached hydrogens (primary N) is 1. The van der Waals surface area contributed by atoms with Crippen molar-refractivity contribution in [1.29, 1.82) is 0 Å². The van der Waals surface area contributed by atoms with Crippen LogP contribution in [0.15, 0.2) is 41.6 Å². The van der Waals surface area contributed by atoms with E-state index in [0.717, 1.165) is 27.8 Å². The van der Waals surface area contributed by atoms with Crippen molar-refractivity contribution in [2.24, 2.45) is 10.8 Å². The first-order valence-electron chi connectivity index (χ1n) is 6.12. The van der Waals surface area contributed by atoms with Crippen molar-refractivity contribution in [2.45, 2.75) is 6.92 Å². The summed E-state index contributed by atoms with van der Waals surface area (Å²) in [5.41, 5.74) is 11.5. The minimum absolute atomic E-state index is 0. The molecule has 1 aromatic carbocycles. The molecule has 0 aliphatic rings. The van der Waals surface area contributed by atoms with Crippen molar-refractivity contribution in [3.05, 3.63) is 42.2 Å². The van der Waals surface area contributed by atoms with Crippen LogP contribution in [0.1, 0.15) is 12.6 Å². The molecule has 3 rings (SSSR count). The van der Waals surface area contributed by atoms with Crippen LogP contribution in [0.25, 0.3) is 21.8 Å². The van der Waals surface area contributed by atoms with Gasteiger partial charge in [-0.05, 0) is 31.3 Å². The number of nitrogens with one attached hydrogen (secondary N) is 2. The molecule has 0 amide bonds. The highest BCUT2D eigenvalue weighted by molar-refractivity contribution is 7.80. The summed E-state index contributed by atoms with van der Waals surface area (Å²) in [4.78, 5) is 7.73. The molecule has 0 saturated heterocycles. The second-order valence-corrected chi connectivity index (χ2v) is 4.90. The number of para-hydroxylation sites is 1. The molecule has 0 bridgehead atoms. The van der Waals surface area contributed by atoms with E-state index in [1.54, 1.807) is 0 Å². The van der Waals surface area contributed by atoms with Crippen molar-refractivity contribution >= 4 is 57.3 Å². The minimum atomic E-state index is 0. The van der Waals surface area contributed by atoms with Crippen molar-refractivity contribution in [3.63, 3.8) is 0 Å². The summed E-state index contributed by atoms with van der Waals surface area (Å²) in [6.07, 6.45) is 1.81. The summed E-state index contributed by atoms with van der Waals surface area (Å²) in [6.45, 7) is 1.86. The van der Waals surface area contributed by atoms with E-state index < -0.39 is 0 Å². The van der Waals surface area contributed by atoms with Gasteiger partial charge in [-0.2, -0.15) is 5.10 Å². The number of pyridine rings is 1. The fraction of sp³-hybridized carbons (Fsp3) is 0.0714. The smallest absolute Gasteiger partial charge is 0.184 e. The van der Waals surface area contributed by atoms with Crippen molar-refractivity contribution in [3.8, 4) is 0 Å². The number of hydrogen-bond acceptors (Lipinski definition) is 3. The lowest BCUT2D eigenvalue weighted by Gasteiger charge is -2.01. The van der Waals surface area contributed by atoms with Gasteiger partial charge in [-0.1, -0.05) is 18.2 Å². The first-order valence-corrected chi connectivity index (χ1v) is 6.52. The number of rotatable bonds is 2. The van der Waals surface area contributed by atoms with Gasteiger partial charge in [0, 0.05) is 16.3 Å². The van der Waals surface area contributed by atoms with Gasteiger partial charge in [0.15, 0.2) is 5.11 Å². The molecular formula is C14H14ClN5S. The number of halogens is 1. The molecule has 21 heavy (non-hydrogen) atoms. The van der Waals surface area contributed by atoms with Crippen LogP contribution in [0.2, 0.25) is 0 Å². The van der Waals surface area contributed by atoms with E-state index in [9.17, 15) is 0 Å². The normalized spacial score (nSPS) is 11.4.